The zero-order chi connectivity index (χ0) is 21.6. The van der Waals surface area contributed by atoms with Crippen molar-refractivity contribution < 1.29 is 33.4 Å². The SMILES string of the molecule is COC(=O)c1cc2c(cc1C(=O)OC)[C@@]1(C)CCC[C@](C)(C(=O)OC)C1CC2=O. The van der Waals surface area contributed by atoms with Gasteiger partial charge < -0.3 is 14.2 Å². The van der Waals surface area contributed by atoms with Crippen molar-refractivity contribution in [3.8, 4) is 0 Å². The molecule has 1 saturated carbocycles. The molecular weight excluding hydrogens is 376 g/mol. The Morgan fingerprint density at radius 1 is 0.931 bits per heavy atom. The molecule has 0 heterocycles. The second-order valence-electron chi connectivity index (χ2n) is 8.29. The van der Waals surface area contributed by atoms with E-state index in [1.807, 2.05) is 13.8 Å². The van der Waals surface area contributed by atoms with E-state index in [1.165, 1.54) is 27.4 Å². The van der Waals surface area contributed by atoms with Gasteiger partial charge in [-0.05, 0) is 48.8 Å². The number of carbonyl (C=O) groups is 4. The number of fused-ring (bicyclic) bond motifs is 3. The van der Waals surface area contributed by atoms with Crippen molar-refractivity contribution in [2.45, 2.75) is 44.9 Å². The highest BCUT2D eigenvalue weighted by atomic mass is 16.5. The highest BCUT2D eigenvalue weighted by Gasteiger charge is 2.57. The van der Waals surface area contributed by atoms with Crippen LogP contribution < -0.4 is 0 Å². The first kappa shape index (κ1) is 21.0. The molecule has 0 aliphatic heterocycles. The van der Waals surface area contributed by atoms with Crippen LogP contribution in [0.3, 0.4) is 0 Å². The summed E-state index contributed by atoms with van der Waals surface area (Å²) in [6, 6.07) is 3.00. The second kappa shape index (κ2) is 7.28. The maximum absolute atomic E-state index is 13.1. The van der Waals surface area contributed by atoms with Crippen LogP contribution in [0, 0.1) is 11.3 Å². The second-order valence-corrected chi connectivity index (χ2v) is 8.29. The number of ether oxygens (including phenoxy) is 3. The molecule has 2 aliphatic rings. The molecule has 3 atom stereocenters. The van der Waals surface area contributed by atoms with Gasteiger partial charge in [0.05, 0.1) is 37.9 Å². The van der Waals surface area contributed by atoms with Crippen LogP contribution in [-0.4, -0.2) is 45.0 Å². The Bertz CT molecular complexity index is 903. The molecule has 7 nitrogen and oxygen atoms in total. The lowest BCUT2D eigenvalue weighted by Crippen LogP contribution is -2.54. The summed E-state index contributed by atoms with van der Waals surface area (Å²) in [5, 5.41) is 0. The molecule has 0 radical (unpaired) electrons. The Morgan fingerprint density at radius 3 is 2.07 bits per heavy atom. The topological polar surface area (TPSA) is 96.0 Å². The van der Waals surface area contributed by atoms with Crippen molar-refractivity contribution >= 4 is 23.7 Å². The third kappa shape index (κ3) is 3.03. The summed E-state index contributed by atoms with van der Waals surface area (Å²) in [5.41, 5.74) is -0.214. The summed E-state index contributed by atoms with van der Waals surface area (Å²) < 4.78 is 14.7. The molecule has 0 amide bonds. The van der Waals surface area contributed by atoms with Crippen LogP contribution in [-0.2, 0) is 24.4 Å². The molecule has 0 saturated heterocycles. The molecule has 0 aromatic heterocycles. The molecule has 0 bridgehead atoms. The van der Waals surface area contributed by atoms with E-state index in [9.17, 15) is 19.2 Å². The Hall–Kier alpha value is -2.70. The van der Waals surface area contributed by atoms with Gasteiger partial charge in [0.25, 0.3) is 0 Å². The number of hydrogen-bond acceptors (Lipinski definition) is 7. The average Bonchev–Trinajstić information content (AvgIpc) is 2.72. The van der Waals surface area contributed by atoms with Crippen molar-refractivity contribution in [1.29, 1.82) is 0 Å². The van der Waals surface area contributed by atoms with Gasteiger partial charge in [-0.1, -0.05) is 13.3 Å². The number of ketones is 1. The third-order valence-electron chi connectivity index (χ3n) is 6.86. The Kier molecular flexibility index (Phi) is 5.28. The first-order valence-corrected chi connectivity index (χ1v) is 9.60. The van der Waals surface area contributed by atoms with E-state index >= 15 is 0 Å². The molecule has 7 heteroatoms. The lowest BCUT2D eigenvalue weighted by molar-refractivity contribution is -0.160. The van der Waals surface area contributed by atoms with Crippen LogP contribution in [0.2, 0.25) is 0 Å². The van der Waals surface area contributed by atoms with Gasteiger partial charge in [-0.3, -0.25) is 9.59 Å². The van der Waals surface area contributed by atoms with Gasteiger partial charge in [-0.25, -0.2) is 9.59 Å². The zero-order valence-electron chi connectivity index (χ0n) is 17.4. The van der Waals surface area contributed by atoms with Crippen molar-refractivity contribution in [2.75, 3.05) is 21.3 Å². The van der Waals surface area contributed by atoms with E-state index in [4.69, 9.17) is 14.2 Å². The largest absolute Gasteiger partial charge is 0.469 e. The molecule has 29 heavy (non-hydrogen) atoms. The zero-order valence-corrected chi connectivity index (χ0v) is 17.4. The van der Waals surface area contributed by atoms with Crippen molar-refractivity contribution in [2.24, 2.45) is 11.3 Å². The molecular formula is C22H26O7. The molecule has 1 unspecified atom stereocenters. The number of methoxy groups -OCH3 is 3. The van der Waals surface area contributed by atoms with Gasteiger partial charge in [-0.15, -0.1) is 0 Å². The third-order valence-corrected chi connectivity index (χ3v) is 6.86. The standard InChI is InChI=1S/C22H26O7/c1-21-7-6-8-22(2,20(26)29-5)17(21)11-16(23)14-9-12(18(24)27-3)13(10-15(14)21)19(25)28-4/h9-10,17H,6-8,11H2,1-5H3/t17?,21-,22+/m1/s1. The van der Waals surface area contributed by atoms with E-state index in [0.717, 1.165) is 12.8 Å². The highest BCUT2D eigenvalue weighted by Crippen LogP contribution is 2.57. The first-order chi connectivity index (χ1) is 13.6. The van der Waals surface area contributed by atoms with Gasteiger partial charge >= 0.3 is 17.9 Å². The van der Waals surface area contributed by atoms with Gasteiger partial charge in [0.2, 0.25) is 0 Å². The minimum Gasteiger partial charge on any atom is -0.469 e. The number of rotatable bonds is 3. The van der Waals surface area contributed by atoms with E-state index < -0.39 is 22.8 Å². The maximum atomic E-state index is 13.1. The number of benzene rings is 1. The fourth-order valence-corrected chi connectivity index (χ4v) is 5.28. The monoisotopic (exact) mass is 402 g/mol. The fraction of sp³-hybridized carbons (Fsp3) is 0.545. The molecule has 1 aromatic rings. The molecule has 2 aliphatic carbocycles. The van der Waals surface area contributed by atoms with E-state index in [1.54, 1.807) is 6.07 Å². The Morgan fingerprint density at radius 2 is 1.52 bits per heavy atom. The van der Waals surface area contributed by atoms with E-state index in [2.05, 4.69) is 0 Å². The number of Topliss-reactive ketones (excluding diaryl/α,β-unsaturated/α-hetero) is 1. The Labute approximate surface area is 169 Å². The number of esters is 3. The molecule has 0 spiro atoms. The predicted molar refractivity (Wildman–Crippen MR) is 103 cm³/mol. The quantitative estimate of drug-likeness (QED) is 0.566. The number of carbonyl (C=O) groups excluding carboxylic acids is 4. The highest BCUT2D eigenvalue weighted by molar-refractivity contribution is 6.08. The van der Waals surface area contributed by atoms with Crippen molar-refractivity contribution in [3.05, 3.63) is 34.4 Å². The lowest BCUT2D eigenvalue weighted by Gasteiger charge is -2.53. The van der Waals surface area contributed by atoms with Crippen LogP contribution in [0.5, 0.6) is 0 Å². The van der Waals surface area contributed by atoms with Crippen LogP contribution in [0.1, 0.15) is 76.2 Å². The molecule has 1 aromatic carbocycles. The lowest BCUT2D eigenvalue weighted by atomic mass is 9.49. The smallest absolute Gasteiger partial charge is 0.338 e. The first-order valence-electron chi connectivity index (χ1n) is 9.60. The van der Waals surface area contributed by atoms with E-state index in [0.29, 0.717) is 17.5 Å². The molecule has 3 rings (SSSR count). The predicted octanol–water partition coefficient (Wildman–Crippen LogP) is 3.08. The minimum absolute atomic E-state index is 0.0000362. The van der Waals surface area contributed by atoms with Gasteiger partial charge in [0.15, 0.2) is 5.78 Å². The van der Waals surface area contributed by atoms with Gasteiger partial charge in [-0.2, -0.15) is 0 Å². The summed E-state index contributed by atoms with van der Waals surface area (Å²) in [7, 11) is 3.80. The Balaban J connectivity index is 2.25. The minimum atomic E-state index is -0.804. The van der Waals surface area contributed by atoms with Crippen LogP contribution >= 0.6 is 0 Å². The molecule has 0 N–H and O–H groups in total. The number of hydrogen-bond donors (Lipinski definition) is 0. The average molecular weight is 402 g/mol. The van der Waals surface area contributed by atoms with Crippen LogP contribution in [0.15, 0.2) is 12.1 Å². The fourth-order valence-electron chi connectivity index (χ4n) is 5.28. The summed E-state index contributed by atoms with van der Waals surface area (Å²) in [4.78, 5) is 50.3. The van der Waals surface area contributed by atoms with Gasteiger partial charge in [0.1, 0.15) is 0 Å². The van der Waals surface area contributed by atoms with Gasteiger partial charge in [0, 0.05) is 12.0 Å². The van der Waals surface area contributed by atoms with Crippen LogP contribution in [0.25, 0.3) is 0 Å². The maximum Gasteiger partial charge on any atom is 0.338 e. The van der Waals surface area contributed by atoms with Crippen molar-refractivity contribution in [3.63, 3.8) is 0 Å². The normalized spacial score (nSPS) is 28.0. The van der Waals surface area contributed by atoms with Crippen molar-refractivity contribution in [1.82, 2.24) is 0 Å². The van der Waals surface area contributed by atoms with E-state index in [-0.39, 0.29) is 35.2 Å². The summed E-state index contributed by atoms with van der Waals surface area (Å²) in [6.45, 7) is 3.87. The summed E-state index contributed by atoms with van der Waals surface area (Å²) >= 11 is 0. The molecule has 156 valence electrons. The summed E-state index contributed by atoms with van der Waals surface area (Å²) in [6.07, 6.45) is 2.33. The summed E-state index contributed by atoms with van der Waals surface area (Å²) in [5.74, 6) is -2.16. The van der Waals surface area contributed by atoms with Crippen LogP contribution in [0.4, 0.5) is 0 Å². The molecule has 1 fully saturated rings.